The molecule has 0 saturated carbocycles. The molecule has 2 aromatic rings. The molecule has 28 heavy (non-hydrogen) atoms. The molecule has 8 heteroatoms. The molecule has 0 atom stereocenters. The van der Waals surface area contributed by atoms with E-state index in [1.165, 1.54) is 20.2 Å². The Labute approximate surface area is 161 Å². The van der Waals surface area contributed by atoms with E-state index in [-0.39, 0.29) is 12.4 Å². The number of rotatable bonds is 2. The van der Waals surface area contributed by atoms with Crippen LogP contribution < -0.4 is 9.47 Å². The summed E-state index contributed by atoms with van der Waals surface area (Å²) in [7, 11) is 2.72. The van der Waals surface area contributed by atoms with Gasteiger partial charge in [0, 0.05) is 37.2 Å². The lowest BCUT2D eigenvalue weighted by Crippen LogP contribution is -2.52. The molecule has 1 aromatic carbocycles. The van der Waals surface area contributed by atoms with Crippen molar-refractivity contribution in [1.29, 1.82) is 0 Å². The third-order valence-corrected chi connectivity index (χ3v) is 5.03. The van der Waals surface area contributed by atoms with Crippen molar-refractivity contribution in [2.45, 2.75) is 13.8 Å². The second-order valence-corrected chi connectivity index (χ2v) is 6.77. The number of carbonyl (C=O) groups excluding carboxylic acids is 3. The first-order valence-corrected chi connectivity index (χ1v) is 8.70. The summed E-state index contributed by atoms with van der Waals surface area (Å²) in [4.78, 5) is 38.7. The zero-order valence-corrected chi connectivity index (χ0v) is 16.0. The van der Waals surface area contributed by atoms with Gasteiger partial charge in [-0.15, -0.1) is 0 Å². The lowest BCUT2D eigenvalue weighted by atomic mass is 10.1. The maximum absolute atomic E-state index is 12.4. The molecule has 2 aliphatic rings. The third kappa shape index (κ3) is 2.57. The number of amides is 4. The van der Waals surface area contributed by atoms with Crippen LogP contribution in [0.4, 0.5) is 4.79 Å². The monoisotopic (exact) mass is 381 g/mol. The Bertz CT molecular complexity index is 1040. The average molecular weight is 381 g/mol. The first kappa shape index (κ1) is 17.8. The maximum Gasteiger partial charge on any atom is 0.333 e. The van der Waals surface area contributed by atoms with Gasteiger partial charge in [-0.05, 0) is 43.7 Å². The molecule has 0 radical (unpaired) electrons. The Morgan fingerprint density at radius 2 is 1.57 bits per heavy atom. The molecule has 3 heterocycles. The number of imide groups is 2. The van der Waals surface area contributed by atoms with Crippen LogP contribution in [0.25, 0.3) is 11.8 Å². The predicted molar refractivity (Wildman–Crippen MR) is 100 cm³/mol. The van der Waals surface area contributed by atoms with E-state index in [0.717, 1.165) is 32.4 Å². The van der Waals surface area contributed by atoms with Gasteiger partial charge in [0.15, 0.2) is 11.5 Å². The highest BCUT2D eigenvalue weighted by Crippen LogP contribution is 2.35. The van der Waals surface area contributed by atoms with Crippen molar-refractivity contribution >= 4 is 23.9 Å². The van der Waals surface area contributed by atoms with Crippen molar-refractivity contribution in [3.8, 4) is 17.2 Å². The van der Waals surface area contributed by atoms with Crippen LogP contribution in [0.2, 0.25) is 0 Å². The number of barbiturate groups is 1. The van der Waals surface area contributed by atoms with Gasteiger partial charge in [-0.3, -0.25) is 19.4 Å². The van der Waals surface area contributed by atoms with E-state index >= 15 is 0 Å². The second kappa shape index (κ2) is 6.26. The van der Waals surface area contributed by atoms with Crippen LogP contribution in [-0.4, -0.2) is 53.1 Å². The van der Waals surface area contributed by atoms with Crippen molar-refractivity contribution in [2.75, 3.05) is 20.9 Å². The molecule has 0 N–H and O–H groups in total. The summed E-state index contributed by atoms with van der Waals surface area (Å²) in [5.41, 5.74) is 3.34. The number of hydrogen-bond donors (Lipinski definition) is 0. The highest BCUT2D eigenvalue weighted by molar-refractivity contribution is 6.30. The number of aryl methyl sites for hydroxylation is 1. The lowest BCUT2D eigenvalue weighted by Gasteiger charge is -2.28. The molecule has 1 fully saturated rings. The molecule has 1 aromatic heterocycles. The summed E-state index contributed by atoms with van der Waals surface area (Å²) in [5.74, 6) is 0.147. The summed E-state index contributed by atoms with van der Waals surface area (Å²) < 4.78 is 12.8. The summed E-state index contributed by atoms with van der Waals surface area (Å²) >= 11 is 0. The van der Waals surface area contributed by atoms with Gasteiger partial charge in [-0.25, -0.2) is 4.79 Å². The third-order valence-electron chi connectivity index (χ3n) is 5.03. The van der Waals surface area contributed by atoms with Gasteiger partial charge in [0.2, 0.25) is 6.79 Å². The summed E-state index contributed by atoms with van der Waals surface area (Å²) in [5, 5.41) is 0. The number of aromatic nitrogens is 1. The Hall–Kier alpha value is -3.55. The Morgan fingerprint density at radius 1 is 0.929 bits per heavy atom. The highest BCUT2D eigenvalue weighted by atomic mass is 16.7. The van der Waals surface area contributed by atoms with E-state index in [0.29, 0.717) is 11.5 Å². The van der Waals surface area contributed by atoms with Crippen LogP contribution in [0.5, 0.6) is 11.5 Å². The van der Waals surface area contributed by atoms with E-state index in [1.807, 2.05) is 42.7 Å². The van der Waals surface area contributed by atoms with Gasteiger partial charge in [0.1, 0.15) is 5.57 Å². The molecular weight excluding hydrogens is 362 g/mol. The van der Waals surface area contributed by atoms with E-state index in [9.17, 15) is 14.4 Å². The number of benzene rings is 1. The minimum Gasteiger partial charge on any atom is -0.454 e. The van der Waals surface area contributed by atoms with Crippen molar-refractivity contribution in [2.24, 2.45) is 0 Å². The normalized spacial score (nSPS) is 16.3. The van der Waals surface area contributed by atoms with Gasteiger partial charge in [0.25, 0.3) is 11.8 Å². The van der Waals surface area contributed by atoms with Crippen LogP contribution in [0.3, 0.4) is 0 Å². The smallest absolute Gasteiger partial charge is 0.333 e. The number of likely N-dealkylation sites (N-methyl/N-ethyl adjacent to an activating group) is 2. The number of fused-ring (bicyclic) bond motifs is 1. The van der Waals surface area contributed by atoms with Gasteiger partial charge in [-0.2, -0.15) is 0 Å². The minimum atomic E-state index is -0.641. The fourth-order valence-electron chi connectivity index (χ4n) is 3.49. The molecule has 0 bridgehead atoms. The van der Waals surface area contributed by atoms with Crippen molar-refractivity contribution in [3.05, 3.63) is 46.8 Å². The van der Waals surface area contributed by atoms with Gasteiger partial charge >= 0.3 is 6.03 Å². The Morgan fingerprint density at radius 3 is 2.25 bits per heavy atom. The Balaban J connectivity index is 1.78. The van der Waals surface area contributed by atoms with Crippen LogP contribution >= 0.6 is 0 Å². The van der Waals surface area contributed by atoms with Gasteiger partial charge in [0.05, 0.1) is 0 Å². The molecule has 0 aliphatic carbocycles. The first-order valence-electron chi connectivity index (χ1n) is 8.70. The zero-order chi connectivity index (χ0) is 20.2. The molecule has 0 spiro atoms. The zero-order valence-electron chi connectivity index (χ0n) is 16.0. The van der Waals surface area contributed by atoms with Crippen LogP contribution in [-0.2, 0) is 9.59 Å². The molecule has 4 rings (SSSR count). The average Bonchev–Trinajstić information content (AvgIpc) is 3.25. The number of urea groups is 1. The molecule has 4 amide bonds. The minimum absolute atomic E-state index is 0.0458. The largest absolute Gasteiger partial charge is 0.454 e. The fourth-order valence-corrected chi connectivity index (χ4v) is 3.49. The van der Waals surface area contributed by atoms with Crippen LogP contribution in [0.15, 0.2) is 29.8 Å². The van der Waals surface area contributed by atoms with Crippen molar-refractivity contribution < 1.29 is 23.9 Å². The predicted octanol–water partition coefficient (Wildman–Crippen LogP) is 2.26. The molecule has 2 aliphatic heterocycles. The topological polar surface area (TPSA) is 81.1 Å². The summed E-state index contributed by atoms with van der Waals surface area (Å²) in [6.45, 7) is 4.04. The van der Waals surface area contributed by atoms with E-state index in [2.05, 4.69) is 0 Å². The maximum atomic E-state index is 12.4. The fraction of sp³-hybridized carbons (Fsp3) is 0.250. The summed E-state index contributed by atoms with van der Waals surface area (Å²) in [6.07, 6.45) is 1.54. The molecule has 8 nitrogen and oxygen atoms in total. The second-order valence-electron chi connectivity index (χ2n) is 6.77. The quantitative estimate of drug-likeness (QED) is 0.589. The van der Waals surface area contributed by atoms with Gasteiger partial charge < -0.3 is 14.0 Å². The summed E-state index contributed by atoms with van der Waals surface area (Å²) in [6, 6.07) is 6.90. The number of carbonyl (C=O) groups is 3. The SMILES string of the molecule is Cc1cc(C=C2C(=O)N(C)C(=O)N(C)C2=O)c(C)n1-c1ccc2c(c1)OCO2. The Kier molecular flexibility index (Phi) is 3.99. The highest BCUT2D eigenvalue weighted by Gasteiger charge is 2.38. The van der Waals surface area contributed by atoms with Crippen LogP contribution in [0, 0.1) is 13.8 Å². The molecule has 0 unspecified atom stereocenters. The van der Waals surface area contributed by atoms with Crippen molar-refractivity contribution in [3.63, 3.8) is 0 Å². The van der Waals surface area contributed by atoms with Gasteiger partial charge in [-0.1, -0.05) is 0 Å². The molecular formula is C20H19N3O5. The van der Waals surface area contributed by atoms with Crippen LogP contribution in [0.1, 0.15) is 17.0 Å². The van der Waals surface area contributed by atoms with E-state index in [4.69, 9.17) is 9.47 Å². The first-order chi connectivity index (χ1) is 13.3. The van der Waals surface area contributed by atoms with Crippen molar-refractivity contribution in [1.82, 2.24) is 14.4 Å². The number of nitrogens with zero attached hydrogens (tertiary/aromatic N) is 3. The lowest BCUT2D eigenvalue weighted by molar-refractivity contribution is -0.134. The number of ether oxygens (including phenoxy) is 2. The van der Waals surface area contributed by atoms with E-state index in [1.54, 1.807) is 0 Å². The standard InChI is InChI=1S/C20H19N3O5/c1-11-7-13(8-15-18(24)21(3)20(26)22(4)19(15)25)12(2)23(11)14-5-6-16-17(9-14)28-10-27-16/h5-9H,10H2,1-4H3. The molecule has 144 valence electrons. The van der Waals surface area contributed by atoms with E-state index < -0.39 is 17.8 Å². The number of hydrogen-bond acceptors (Lipinski definition) is 5. The molecule has 1 saturated heterocycles.